The fourth-order valence-corrected chi connectivity index (χ4v) is 6.77. The molecule has 3 fully saturated rings. The number of carbonyl (C=O) groups is 3. The predicted octanol–water partition coefficient (Wildman–Crippen LogP) is 3.30. The minimum absolute atomic E-state index is 0.126. The highest BCUT2D eigenvalue weighted by Crippen LogP contribution is 2.55. The first kappa shape index (κ1) is 26.9. The standard InChI is InChI=1S/C30H42N4O4/c1-19(2)20-11-13-22(14-12-20)31-27(35)24-23-15-16-30(38-23)25(24)29(37)34(18-8-17-33(3)4)26(30)28(36)32-21-9-6-5-7-10-21/h11-16,19,21,23-26H,5-10,17-18H2,1-4H3,(H,31,35)(H,32,36)/t23-,24-,25-,26-,30-/m0/s1. The van der Waals surface area contributed by atoms with E-state index in [0.717, 1.165) is 38.6 Å². The fraction of sp³-hybridized carbons (Fsp3) is 0.633. The molecule has 8 heteroatoms. The number of anilines is 1. The lowest BCUT2D eigenvalue weighted by molar-refractivity contribution is -0.141. The molecule has 4 aliphatic rings. The second-order valence-corrected chi connectivity index (χ2v) is 12.0. The molecule has 5 atom stereocenters. The van der Waals surface area contributed by atoms with Gasteiger partial charge in [-0.2, -0.15) is 0 Å². The molecule has 2 N–H and O–H groups in total. The van der Waals surface area contributed by atoms with Crippen molar-refractivity contribution in [3.05, 3.63) is 42.0 Å². The van der Waals surface area contributed by atoms with Gasteiger partial charge in [0.25, 0.3) is 0 Å². The Kier molecular flexibility index (Phi) is 7.65. The molecule has 206 valence electrons. The highest BCUT2D eigenvalue weighted by molar-refractivity contribution is 6.02. The van der Waals surface area contributed by atoms with E-state index < -0.39 is 29.6 Å². The molecular weight excluding hydrogens is 480 g/mol. The van der Waals surface area contributed by atoms with Crippen molar-refractivity contribution in [3.8, 4) is 0 Å². The van der Waals surface area contributed by atoms with Crippen LogP contribution in [0.15, 0.2) is 36.4 Å². The predicted molar refractivity (Wildman–Crippen MR) is 147 cm³/mol. The third kappa shape index (κ3) is 4.89. The Morgan fingerprint density at radius 2 is 1.82 bits per heavy atom. The van der Waals surface area contributed by atoms with Crippen LogP contribution in [0.3, 0.4) is 0 Å². The summed E-state index contributed by atoms with van der Waals surface area (Å²) in [6.07, 6.45) is 9.31. The molecule has 1 aromatic rings. The van der Waals surface area contributed by atoms with Crippen molar-refractivity contribution in [3.63, 3.8) is 0 Å². The number of likely N-dealkylation sites (tertiary alicyclic amines) is 1. The molecule has 1 saturated carbocycles. The number of hydrogen-bond acceptors (Lipinski definition) is 5. The van der Waals surface area contributed by atoms with Crippen LogP contribution in [-0.2, 0) is 19.1 Å². The molecule has 2 bridgehead atoms. The van der Waals surface area contributed by atoms with E-state index >= 15 is 0 Å². The number of benzene rings is 1. The molecule has 0 aromatic heterocycles. The van der Waals surface area contributed by atoms with Crippen molar-refractivity contribution < 1.29 is 19.1 Å². The molecule has 5 rings (SSSR count). The first-order chi connectivity index (χ1) is 18.2. The Balaban J connectivity index is 1.39. The van der Waals surface area contributed by atoms with Crippen molar-refractivity contribution in [1.29, 1.82) is 0 Å². The Morgan fingerprint density at radius 3 is 2.47 bits per heavy atom. The largest absolute Gasteiger partial charge is 0.359 e. The van der Waals surface area contributed by atoms with Gasteiger partial charge in [-0.1, -0.05) is 57.4 Å². The van der Waals surface area contributed by atoms with E-state index in [0.29, 0.717) is 18.2 Å². The van der Waals surface area contributed by atoms with Crippen LogP contribution in [0.1, 0.15) is 63.9 Å². The monoisotopic (exact) mass is 522 g/mol. The van der Waals surface area contributed by atoms with Gasteiger partial charge in [-0.05, 0) is 63.5 Å². The van der Waals surface area contributed by atoms with E-state index in [4.69, 9.17) is 4.74 Å². The van der Waals surface area contributed by atoms with Crippen LogP contribution in [0, 0.1) is 11.8 Å². The summed E-state index contributed by atoms with van der Waals surface area (Å²) in [5.41, 5.74) is 0.779. The smallest absolute Gasteiger partial charge is 0.246 e. The molecule has 3 aliphatic heterocycles. The Morgan fingerprint density at radius 1 is 1.11 bits per heavy atom. The van der Waals surface area contributed by atoms with Gasteiger partial charge in [0.15, 0.2) is 0 Å². The highest BCUT2D eigenvalue weighted by Gasteiger charge is 2.72. The van der Waals surface area contributed by atoms with Gasteiger partial charge in [0.2, 0.25) is 17.7 Å². The number of ether oxygens (including phenoxy) is 1. The number of hydrogen-bond donors (Lipinski definition) is 2. The molecule has 1 aliphatic carbocycles. The van der Waals surface area contributed by atoms with Crippen LogP contribution >= 0.6 is 0 Å². The third-order valence-corrected chi connectivity index (χ3v) is 8.73. The first-order valence-corrected chi connectivity index (χ1v) is 14.2. The molecule has 1 spiro atoms. The maximum Gasteiger partial charge on any atom is 0.246 e. The molecule has 38 heavy (non-hydrogen) atoms. The minimum Gasteiger partial charge on any atom is -0.359 e. The number of fused-ring (bicyclic) bond motifs is 1. The zero-order valence-electron chi connectivity index (χ0n) is 23.1. The van der Waals surface area contributed by atoms with E-state index in [2.05, 4.69) is 29.4 Å². The summed E-state index contributed by atoms with van der Waals surface area (Å²) < 4.78 is 6.45. The summed E-state index contributed by atoms with van der Waals surface area (Å²) in [5, 5.41) is 6.26. The van der Waals surface area contributed by atoms with E-state index in [9.17, 15) is 14.4 Å². The number of carbonyl (C=O) groups excluding carboxylic acids is 3. The van der Waals surface area contributed by atoms with Gasteiger partial charge in [-0.25, -0.2) is 0 Å². The topological polar surface area (TPSA) is 91.0 Å². The molecule has 2 saturated heterocycles. The lowest BCUT2D eigenvalue weighted by atomic mass is 9.74. The SMILES string of the molecule is CC(C)c1ccc(NC(=O)[C@H]2[C@@H]3C=C[C@]4(O3)[C@@H]2C(=O)N(CCCN(C)C)[C@H]4C(=O)NC2CCCCC2)cc1. The average Bonchev–Trinajstić information content (AvgIpc) is 3.52. The van der Waals surface area contributed by atoms with E-state index in [1.165, 1.54) is 12.0 Å². The normalized spacial score (nSPS) is 30.4. The molecular formula is C30H42N4O4. The van der Waals surface area contributed by atoms with Gasteiger partial charge < -0.3 is 25.2 Å². The lowest BCUT2D eigenvalue weighted by Crippen LogP contribution is -2.56. The summed E-state index contributed by atoms with van der Waals surface area (Å²) in [5.74, 6) is -1.55. The minimum atomic E-state index is -1.11. The van der Waals surface area contributed by atoms with E-state index in [1.54, 1.807) is 4.90 Å². The molecule has 3 heterocycles. The maximum absolute atomic E-state index is 14.0. The number of nitrogens with one attached hydrogen (secondary N) is 2. The summed E-state index contributed by atoms with van der Waals surface area (Å²) in [4.78, 5) is 45.2. The summed E-state index contributed by atoms with van der Waals surface area (Å²) in [7, 11) is 3.99. The average molecular weight is 523 g/mol. The van der Waals surface area contributed by atoms with Crippen LogP contribution in [0.2, 0.25) is 0 Å². The Bertz CT molecular complexity index is 1080. The lowest BCUT2D eigenvalue weighted by Gasteiger charge is -2.34. The number of rotatable bonds is 9. The highest BCUT2D eigenvalue weighted by atomic mass is 16.5. The summed E-state index contributed by atoms with van der Waals surface area (Å²) in [6.45, 7) is 5.50. The molecule has 8 nitrogen and oxygen atoms in total. The zero-order valence-corrected chi connectivity index (χ0v) is 23.1. The first-order valence-electron chi connectivity index (χ1n) is 14.2. The molecule has 0 unspecified atom stereocenters. The van der Waals surface area contributed by atoms with Gasteiger partial charge in [0.1, 0.15) is 11.6 Å². The van der Waals surface area contributed by atoms with Crippen LogP contribution in [0.5, 0.6) is 0 Å². The van der Waals surface area contributed by atoms with E-state index in [1.807, 2.05) is 50.5 Å². The van der Waals surface area contributed by atoms with Gasteiger partial charge in [-0.15, -0.1) is 0 Å². The van der Waals surface area contributed by atoms with Crippen LogP contribution in [-0.4, -0.2) is 78.5 Å². The third-order valence-electron chi connectivity index (χ3n) is 8.73. The van der Waals surface area contributed by atoms with Crippen molar-refractivity contribution in [2.75, 3.05) is 32.5 Å². The molecule has 3 amide bonds. The second-order valence-electron chi connectivity index (χ2n) is 12.0. The van der Waals surface area contributed by atoms with Crippen molar-refractivity contribution in [2.45, 2.75) is 82.1 Å². The van der Waals surface area contributed by atoms with Gasteiger partial charge >= 0.3 is 0 Å². The van der Waals surface area contributed by atoms with Gasteiger partial charge in [-0.3, -0.25) is 14.4 Å². The summed E-state index contributed by atoms with van der Waals surface area (Å²) in [6, 6.07) is 7.18. The Hall–Kier alpha value is -2.71. The van der Waals surface area contributed by atoms with Crippen molar-refractivity contribution in [1.82, 2.24) is 15.1 Å². The molecule has 1 aromatic carbocycles. The number of amides is 3. The van der Waals surface area contributed by atoms with Crippen LogP contribution in [0.4, 0.5) is 5.69 Å². The molecule has 0 radical (unpaired) electrons. The zero-order chi connectivity index (χ0) is 27.0. The van der Waals surface area contributed by atoms with E-state index in [-0.39, 0.29) is 23.8 Å². The Labute approximate surface area is 226 Å². The van der Waals surface area contributed by atoms with Crippen molar-refractivity contribution >= 4 is 23.4 Å². The second kappa shape index (κ2) is 10.8. The van der Waals surface area contributed by atoms with Gasteiger partial charge in [0, 0.05) is 18.3 Å². The van der Waals surface area contributed by atoms with Crippen LogP contribution in [0.25, 0.3) is 0 Å². The fourth-order valence-electron chi connectivity index (χ4n) is 6.77. The van der Waals surface area contributed by atoms with Gasteiger partial charge in [0.05, 0.1) is 17.9 Å². The quantitative estimate of drug-likeness (QED) is 0.486. The van der Waals surface area contributed by atoms with Crippen LogP contribution < -0.4 is 10.6 Å². The maximum atomic E-state index is 14.0. The summed E-state index contributed by atoms with van der Waals surface area (Å²) >= 11 is 0. The number of nitrogens with zero attached hydrogens (tertiary/aromatic N) is 2. The van der Waals surface area contributed by atoms with Crippen molar-refractivity contribution in [2.24, 2.45) is 11.8 Å².